The quantitative estimate of drug-likeness (QED) is 0.714. The van der Waals surface area contributed by atoms with Crippen LogP contribution in [0.1, 0.15) is 18.5 Å². The van der Waals surface area contributed by atoms with Crippen LogP contribution in [-0.2, 0) is 4.79 Å². The lowest BCUT2D eigenvalue weighted by Gasteiger charge is -2.45. The van der Waals surface area contributed by atoms with E-state index >= 15 is 0 Å². The standard InChI is InChI=1S/C15H22F2N4O.C2HF3O2/c1-12-2-3-13(19-18-12)21-7-4-14(11-21)10-20(8-9-22)6-5-15(14,16)17;3-2(4,5)1(6)7/h2-3,22H,4-11H2,1H3;(H,6,7). The van der Waals surface area contributed by atoms with Crippen molar-refractivity contribution in [3.63, 3.8) is 0 Å². The number of aryl methyl sites for hydroxylation is 1. The van der Waals surface area contributed by atoms with Gasteiger partial charge in [0, 0.05) is 39.1 Å². The third kappa shape index (κ3) is 5.50. The van der Waals surface area contributed by atoms with Gasteiger partial charge in [-0.3, -0.25) is 4.90 Å². The summed E-state index contributed by atoms with van der Waals surface area (Å²) < 4.78 is 60.9. The summed E-state index contributed by atoms with van der Waals surface area (Å²) in [4.78, 5) is 12.7. The number of halogens is 5. The van der Waals surface area contributed by atoms with Crippen molar-refractivity contribution in [1.29, 1.82) is 0 Å². The average Bonchev–Trinajstić information content (AvgIpc) is 3.05. The summed E-state index contributed by atoms with van der Waals surface area (Å²) in [5, 5.41) is 24.3. The number of aliphatic carboxylic acids is 1. The molecule has 29 heavy (non-hydrogen) atoms. The topological polar surface area (TPSA) is 89.8 Å². The van der Waals surface area contributed by atoms with Gasteiger partial charge in [-0.15, -0.1) is 5.10 Å². The van der Waals surface area contributed by atoms with Gasteiger partial charge in [-0.1, -0.05) is 0 Å². The van der Waals surface area contributed by atoms with Gasteiger partial charge in [0.15, 0.2) is 5.82 Å². The molecule has 0 bridgehead atoms. The first kappa shape index (κ1) is 23.2. The number of aliphatic hydroxyl groups excluding tert-OH is 1. The molecule has 0 saturated carbocycles. The molecular formula is C17H23F5N4O3. The van der Waals surface area contributed by atoms with Gasteiger partial charge in [-0.05, 0) is 25.5 Å². The maximum absolute atomic E-state index is 14.6. The average molecular weight is 426 g/mol. The minimum atomic E-state index is -5.08. The monoisotopic (exact) mass is 426 g/mol. The van der Waals surface area contributed by atoms with E-state index in [1.807, 2.05) is 28.9 Å². The lowest BCUT2D eigenvalue weighted by atomic mass is 9.75. The Morgan fingerprint density at radius 3 is 2.34 bits per heavy atom. The maximum atomic E-state index is 14.6. The molecule has 2 aliphatic rings. The van der Waals surface area contributed by atoms with E-state index in [1.165, 1.54) is 0 Å². The number of aromatic nitrogens is 2. The van der Waals surface area contributed by atoms with E-state index in [0.29, 0.717) is 45.0 Å². The van der Waals surface area contributed by atoms with Crippen LogP contribution in [0.4, 0.5) is 27.8 Å². The molecule has 2 aliphatic heterocycles. The Hall–Kier alpha value is -2.08. The van der Waals surface area contributed by atoms with Crippen molar-refractivity contribution in [3.8, 4) is 0 Å². The fourth-order valence-corrected chi connectivity index (χ4v) is 3.57. The lowest BCUT2D eigenvalue weighted by molar-refractivity contribution is -0.192. The third-order valence-electron chi connectivity index (χ3n) is 5.16. The van der Waals surface area contributed by atoms with Crippen LogP contribution in [-0.4, -0.2) is 82.7 Å². The molecule has 0 aromatic carbocycles. The number of anilines is 1. The van der Waals surface area contributed by atoms with Crippen LogP contribution in [0.3, 0.4) is 0 Å². The van der Waals surface area contributed by atoms with E-state index in [0.717, 1.165) is 5.69 Å². The summed E-state index contributed by atoms with van der Waals surface area (Å²) in [5.74, 6) is -4.77. The number of alkyl halides is 5. The minimum Gasteiger partial charge on any atom is -0.475 e. The highest BCUT2D eigenvalue weighted by molar-refractivity contribution is 5.73. The first-order valence-corrected chi connectivity index (χ1v) is 8.97. The van der Waals surface area contributed by atoms with Gasteiger partial charge >= 0.3 is 12.1 Å². The second-order valence-electron chi connectivity index (χ2n) is 7.24. The van der Waals surface area contributed by atoms with Crippen LogP contribution in [0, 0.1) is 12.3 Å². The molecule has 1 spiro atoms. The Labute approximate surface area is 164 Å². The molecule has 12 heteroatoms. The summed E-state index contributed by atoms with van der Waals surface area (Å²) >= 11 is 0. The van der Waals surface area contributed by atoms with E-state index in [4.69, 9.17) is 15.0 Å². The Balaban J connectivity index is 0.000000370. The molecule has 0 amide bonds. The van der Waals surface area contributed by atoms with Gasteiger partial charge in [0.25, 0.3) is 5.92 Å². The second-order valence-corrected chi connectivity index (χ2v) is 7.24. The van der Waals surface area contributed by atoms with Gasteiger partial charge in [0.05, 0.1) is 17.7 Å². The van der Waals surface area contributed by atoms with Crippen LogP contribution in [0.2, 0.25) is 0 Å². The minimum absolute atomic E-state index is 0.00873. The summed E-state index contributed by atoms with van der Waals surface area (Å²) in [5.41, 5.74) is -0.234. The maximum Gasteiger partial charge on any atom is 0.490 e. The van der Waals surface area contributed by atoms with Crippen LogP contribution in [0.15, 0.2) is 12.1 Å². The van der Waals surface area contributed by atoms with Crippen molar-refractivity contribution < 1.29 is 37.0 Å². The van der Waals surface area contributed by atoms with Crippen LogP contribution in [0.5, 0.6) is 0 Å². The third-order valence-corrected chi connectivity index (χ3v) is 5.16. The summed E-state index contributed by atoms with van der Waals surface area (Å²) in [6.45, 7) is 3.86. The number of piperidine rings is 1. The first-order valence-electron chi connectivity index (χ1n) is 8.97. The molecule has 7 nitrogen and oxygen atoms in total. The zero-order valence-corrected chi connectivity index (χ0v) is 15.8. The Bertz CT molecular complexity index is 701. The summed E-state index contributed by atoms with van der Waals surface area (Å²) in [7, 11) is 0. The van der Waals surface area contributed by atoms with Crippen molar-refractivity contribution >= 4 is 11.8 Å². The van der Waals surface area contributed by atoms with Crippen molar-refractivity contribution in [3.05, 3.63) is 17.8 Å². The number of carboxylic acids is 1. The number of carbonyl (C=O) groups is 1. The fraction of sp³-hybridized carbons (Fsp3) is 0.706. The normalized spacial score (nSPS) is 24.3. The number of nitrogens with zero attached hydrogens (tertiary/aromatic N) is 4. The Kier molecular flexibility index (Phi) is 6.99. The number of aliphatic hydroxyl groups is 1. The number of carboxylic acid groups (broad SMARTS) is 1. The molecule has 2 saturated heterocycles. The van der Waals surface area contributed by atoms with E-state index in [9.17, 15) is 22.0 Å². The van der Waals surface area contributed by atoms with Crippen molar-refractivity contribution in [2.24, 2.45) is 5.41 Å². The van der Waals surface area contributed by atoms with Gasteiger partial charge in [0.1, 0.15) is 0 Å². The van der Waals surface area contributed by atoms with Crippen LogP contribution >= 0.6 is 0 Å². The molecule has 1 unspecified atom stereocenters. The predicted octanol–water partition coefficient (Wildman–Crippen LogP) is 1.95. The van der Waals surface area contributed by atoms with Crippen LogP contribution < -0.4 is 4.90 Å². The zero-order chi connectivity index (χ0) is 21.9. The van der Waals surface area contributed by atoms with Gasteiger partial charge < -0.3 is 15.1 Å². The Morgan fingerprint density at radius 1 is 1.17 bits per heavy atom. The first-order chi connectivity index (χ1) is 13.4. The van der Waals surface area contributed by atoms with E-state index < -0.39 is 23.5 Å². The van der Waals surface area contributed by atoms with Crippen molar-refractivity contribution in [2.45, 2.75) is 31.9 Å². The highest BCUT2D eigenvalue weighted by Gasteiger charge is 2.59. The number of rotatable bonds is 3. The summed E-state index contributed by atoms with van der Waals surface area (Å²) in [6, 6.07) is 3.69. The highest BCUT2D eigenvalue weighted by atomic mass is 19.4. The molecule has 0 aliphatic carbocycles. The molecule has 1 aromatic heterocycles. The largest absolute Gasteiger partial charge is 0.490 e. The smallest absolute Gasteiger partial charge is 0.475 e. The predicted molar refractivity (Wildman–Crippen MR) is 92.8 cm³/mol. The fourth-order valence-electron chi connectivity index (χ4n) is 3.57. The molecule has 1 atom stereocenters. The van der Waals surface area contributed by atoms with Crippen LogP contribution in [0.25, 0.3) is 0 Å². The molecule has 3 heterocycles. The SMILES string of the molecule is Cc1ccc(N2CCC3(CN(CCO)CCC3(F)F)C2)nn1.O=C(O)C(F)(F)F. The van der Waals surface area contributed by atoms with Gasteiger partial charge in [-0.2, -0.15) is 18.3 Å². The molecule has 1 aromatic rings. The molecule has 2 fully saturated rings. The molecule has 0 radical (unpaired) electrons. The second kappa shape index (κ2) is 8.74. The lowest BCUT2D eigenvalue weighted by Crippen LogP contribution is -2.57. The van der Waals surface area contributed by atoms with E-state index in [-0.39, 0.29) is 13.0 Å². The van der Waals surface area contributed by atoms with Gasteiger partial charge in [-0.25, -0.2) is 13.6 Å². The van der Waals surface area contributed by atoms with E-state index in [2.05, 4.69) is 10.2 Å². The number of hydrogen-bond acceptors (Lipinski definition) is 6. The number of likely N-dealkylation sites (tertiary alicyclic amines) is 1. The number of β-amino-alcohol motifs (C(OH)–C–C–N with tert-alkyl or cyclic N) is 1. The highest BCUT2D eigenvalue weighted by Crippen LogP contribution is 2.49. The summed E-state index contributed by atoms with van der Waals surface area (Å²) in [6.07, 6.45) is -4.78. The van der Waals surface area contributed by atoms with Gasteiger partial charge in [0.2, 0.25) is 0 Å². The molecule has 3 rings (SSSR count). The molecule has 2 N–H and O–H groups in total. The molecular weight excluding hydrogens is 403 g/mol. The van der Waals surface area contributed by atoms with E-state index in [1.54, 1.807) is 0 Å². The zero-order valence-electron chi connectivity index (χ0n) is 15.8. The molecule has 164 valence electrons. The van der Waals surface area contributed by atoms with Crippen molar-refractivity contribution in [1.82, 2.24) is 15.1 Å². The van der Waals surface area contributed by atoms with Crippen molar-refractivity contribution in [2.75, 3.05) is 44.2 Å². The number of hydrogen-bond donors (Lipinski definition) is 2. The Morgan fingerprint density at radius 2 is 1.83 bits per heavy atom.